The van der Waals surface area contributed by atoms with Gasteiger partial charge in [0.25, 0.3) is 0 Å². The van der Waals surface area contributed by atoms with E-state index in [2.05, 4.69) is 15.0 Å². The quantitative estimate of drug-likeness (QED) is 0.690. The van der Waals surface area contributed by atoms with Crippen LogP contribution in [0.25, 0.3) is 4.96 Å². The van der Waals surface area contributed by atoms with Gasteiger partial charge in [0, 0.05) is 37.4 Å². The number of nitrogens with two attached hydrogens (primary N) is 1. The third-order valence-electron chi connectivity index (χ3n) is 4.69. The van der Waals surface area contributed by atoms with Gasteiger partial charge in [-0.05, 0) is 24.6 Å². The second-order valence-corrected chi connectivity index (χ2v) is 7.61. The number of fused-ring (bicyclic) bond motifs is 1. The van der Waals surface area contributed by atoms with Crippen molar-refractivity contribution in [3.63, 3.8) is 0 Å². The molecule has 9 heteroatoms. The number of hydrogen-bond donors (Lipinski definition) is 1. The lowest BCUT2D eigenvalue weighted by atomic mass is 9.90. The predicted molar refractivity (Wildman–Crippen MR) is 102 cm³/mol. The van der Waals surface area contributed by atoms with Crippen LogP contribution >= 0.6 is 11.3 Å². The molecule has 3 aromatic rings. The summed E-state index contributed by atoms with van der Waals surface area (Å²) < 4.78 is 1.83. The van der Waals surface area contributed by atoms with Gasteiger partial charge in [0.2, 0.25) is 5.91 Å². The van der Waals surface area contributed by atoms with Crippen LogP contribution in [0.15, 0.2) is 41.1 Å². The van der Waals surface area contributed by atoms with E-state index < -0.39 is 5.54 Å². The number of thiazole rings is 1. The molecule has 4 heterocycles. The van der Waals surface area contributed by atoms with Crippen molar-refractivity contribution in [1.82, 2.24) is 19.3 Å². The molecule has 0 saturated heterocycles. The Hall–Kier alpha value is -3.07. The maximum atomic E-state index is 12.6. The molecule has 1 unspecified atom stereocenters. The first-order valence-electron chi connectivity index (χ1n) is 8.38. The number of aliphatic imine (C=N–C) groups is 1. The maximum absolute atomic E-state index is 12.6. The number of guanidine groups is 1. The Kier molecular flexibility index (Phi) is 4.03. The summed E-state index contributed by atoms with van der Waals surface area (Å²) in [5, 5.41) is 1.92. The summed E-state index contributed by atoms with van der Waals surface area (Å²) in [6.45, 7) is 1.82. The summed E-state index contributed by atoms with van der Waals surface area (Å²) in [6, 6.07) is 3.60. The lowest BCUT2D eigenvalue weighted by Crippen LogP contribution is -2.47. The summed E-state index contributed by atoms with van der Waals surface area (Å²) in [4.78, 5) is 40.1. The molecule has 0 bridgehead atoms. The average Bonchev–Trinajstić information content (AvgIpc) is 3.22. The standard InChI is InChI=1S/C18H18N6O2S/c1-18(9-15(26)23(2)16(19)22-18)14-8-11(3-4-20-14)7-13(25)12-10-24-5-6-27-17(24)21-12/h3-6,8,10H,7,9H2,1-2H3,(H2,19,22). The van der Waals surface area contributed by atoms with Crippen LogP contribution in [-0.2, 0) is 16.8 Å². The lowest BCUT2D eigenvalue weighted by Gasteiger charge is -2.32. The Morgan fingerprint density at radius 1 is 1.44 bits per heavy atom. The van der Waals surface area contributed by atoms with Crippen LogP contribution in [0.3, 0.4) is 0 Å². The van der Waals surface area contributed by atoms with E-state index in [0.29, 0.717) is 11.4 Å². The Balaban J connectivity index is 1.60. The normalized spacial score (nSPS) is 20.1. The van der Waals surface area contributed by atoms with Gasteiger partial charge in [-0.25, -0.2) is 9.98 Å². The average molecular weight is 382 g/mol. The van der Waals surface area contributed by atoms with Crippen molar-refractivity contribution < 1.29 is 9.59 Å². The topological polar surface area (TPSA) is 106 Å². The lowest BCUT2D eigenvalue weighted by molar-refractivity contribution is -0.128. The van der Waals surface area contributed by atoms with E-state index >= 15 is 0 Å². The zero-order chi connectivity index (χ0) is 19.2. The number of hydrogen-bond acceptors (Lipinski definition) is 7. The van der Waals surface area contributed by atoms with Crippen molar-refractivity contribution in [3.8, 4) is 0 Å². The molecule has 1 aliphatic heterocycles. The fraction of sp³-hybridized carbons (Fsp3) is 0.278. The summed E-state index contributed by atoms with van der Waals surface area (Å²) >= 11 is 1.48. The molecule has 4 rings (SSSR count). The highest BCUT2D eigenvalue weighted by Crippen LogP contribution is 2.32. The van der Waals surface area contributed by atoms with Crippen molar-refractivity contribution >= 4 is 33.9 Å². The third kappa shape index (κ3) is 3.10. The first-order valence-corrected chi connectivity index (χ1v) is 9.26. The number of aromatic nitrogens is 3. The van der Waals surface area contributed by atoms with E-state index in [0.717, 1.165) is 10.5 Å². The number of amides is 1. The first-order chi connectivity index (χ1) is 12.9. The molecule has 1 atom stereocenters. The van der Waals surface area contributed by atoms with Gasteiger partial charge in [0.15, 0.2) is 16.7 Å². The predicted octanol–water partition coefficient (Wildman–Crippen LogP) is 1.61. The highest BCUT2D eigenvalue weighted by atomic mass is 32.1. The first kappa shape index (κ1) is 17.3. The zero-order valence-corrected chi connectivity index (χ0v) is 15.7. The molecule has 2 N–H and O–H groups in total. The fourth-order valence-electron chi connectivity index (χ4n) is 3.07. The van der Waals surface area contributed by atoms with Gasteiger partial charge in [0.1, 0.15) is 11.2 Å². The minimum Gasteiger partial charge on any atom is -0.369 e. The van der Waals surface area contributed by atoms with Crippen LogP contribution in [0.1, 0.15) is 35.1 Å². The molecule has 0 radical (unpaired) electrons. The molecule has 0 fully saturated rings. The Bertz CT molecular complexity index is 1060. The monoisotopic (exact) mass is 382 g/mol. The van der Waals surface area contributed by atoms with E-state index in [-0.39, 0.29) is 30.5 Å². The third-order valence-corrected chi connectivity index (χ3v) is 5.47. The molecule has 138 valence electrons. The number of pyridine rings is 1. The molecule has 8 nitrogen and oxygen atoms in total. The summed E-state index contributed by atoms with van der Waals surface area (Å²) in [5.41, 5.74) is 6.86. The van der Waals surface area contributed by atoms with E-state index in [9.17, 15) is 9.59 Å². The smallest absolute Gasteiger partial charge is 0.231 e. The van der Waals surface area contributed by atoms with Crippen molar-refractivity contribution in [2.45, 2.75) is 25.3 Å². The summed E-state index contributed by atoms with van der Waals surface area (Å²) in [6.07, 6.45) is 5.60. The number of imidazole rings is 1. The number of carbonyl (C=O) groups excluding carboxylic acids is 2. The van der Waals surface area contributed by atoms with Gasteiger partial charge >= 0.3 is 0 Å². The molecule has 0 aromatic carbocycles. The zero-order valence-electron chi connectivity index (χ0n) is 14.9. The SMILES string of the molecule is CN1C(=O)CC(C)(c2cc(CC(=O)c3cn4ccsc4n3)ccn2)N=C1N. The van der Waals surface area contributed by atoms with Gasteiger partial charge in [0.05, 0.1) is 12.1 Å². The molecular formula is C18H18N6O2S. The molecule has 1 amide bonds. The van der Waals surface area contributed by atoms with E-state index in [1.807, 2.05) is 29.0 Å². The highest BCUT2D eigenvalue weighted by molar-refractivity contribution is 7.15. The Labute approximate surface area is 159 Å². The Morgan fingerprint density at radius 3 is 3.00 bits per heavy atom. The largest absolute Gasteiger partial charge is 0.369 e. The molecule has 1 aliphatic rings. The molecule has 0 aliphatic carbocycles. The second kappa shape index (κ2) is 6.27. The number of Topliss-reactive ketones (excluding diaryl/α,β-unsaturated/α-hetero) is 1. The van der Waals surface area contributed by atoms with Crippen LogP contribution in [-0.4, -0.2) is 44.0 Å². The summed E-state index contributed by atoms with van der Waals surface area (Å²) in [7, 11) is 1.60. The van der Waals surface area contributed by atoms with Gasteiger partial charge in [-0.2, -0.15) is 0 Å². The molecule has 0 spiro atoms. The van der Waals surface area contributed by atoms with Gasteiger partial charge in [-0.3, -0.25) is 23.9 Å². The van der Waals surface area contributed by atoms with Crippen molar-refractivity contribution in [2.24, 2.45) is 10.7 Å². The van der Waals surface area contributed by atoms with E-state index in [1.54, 1.807) is 25.5 Å². The number of nitrogens with zero attached hydrogens (tertiary/aromatic N) is 5. The van der Waals surface area contributed by atoms with Crippen LogP contribution in [0.2, 0.25) is 0 Å². The van der Waals surface area contributed by atoms with Crippen LogP contribution in [0, 0.1) is 0 Å². The molecular weight excluding hydrogens is 364 g/mol. The minimum atomic E-state index is -0.844. The second-order valence-electron chi connectivity index (χ2n) is 6.74. The van der Waals surface area contributed by atoms with Crippen molar-refractivity contribution in [1.29, 1.82) is 0 Å². The van der Waals surface area contributed by atoms with Gasteiger partial charge in [-0.1, -0.05) is 0 Å². The van der Waals surface area contributed by atoms with E-state index in [4.69, 9.17) is 5.73 Å². The molecule has 27 heavy (non-hydrogen) atoms. The molecule has 0 saturated carbocycles. The highest BCUT2D eigenvalue weighted by Gasteiger charge is 2.37. The van der Waals surface area contributed by atoms with Crippen molar-refractivity contribution in [2.75, 3.05) is 7.05 Å². The molecule has 3 aromatic heterocycles. The number of ketones is 1. The van der Waals surface area contributed by atoms with Gasteiger partial charge in [-0.15, -0.1) is 11.3 Å². The van der Waals surface area contributed by atoms with E-state index in [1.165, 1.54) is 16.2 Å². The number of rotatable bonds is 4. The van der Waals surface area contributed by atoms with Crippen LogP contribution in [0.4, 0.5) is 0 Å². The van der Waals surface area contributed by atoms with Gasteiger partial charge < -0.3 is 5.73 Å². The fourth-order valence-corrected chi connectivity index (χ4v) is 3.77. The van der Waals surface area contributed by atoms with Crippen LogP contribution in [0.5, 0.6) is 0 Å². The number of carbonyl (C=O) groups is 2. The summed E-state index contributed by atoms with van der Waals surface area (Å²) in [5.74, 6) is -0.0304. The Morgan fingerprint density at radius 2 is 2.26 bits per heavy atom. The minimum absolute atomic E-state index is 0.0735. The maximum Gasteiger partial charge on any atom is 0.231 e. The van der Waals surface area contributed by atoms with Crippen molar-refractivity contribution in [3.05, 3.63) is 53.1 Å². The van der Waals surface area contributed by atoms with Crippen LogP contribution < -0.4 is 5.73 Å².